The largest absolute Gasteiger partial charge is 0.379 e. The minimum atomic E-state index is 0.365. The maximum Gasteiger partial charge on any atom is 0.0702 e. The van der Waals surface area contributed by atoms with Crippen LogP contribution in [0.5, 0.6) is 0 Å². The van der Waals surface area contributed by atoms with Crippen molar-refractivity contribution in [2.75, 3.05) is 6.61 Å². The average Bonchev–Trinajstić information content (AvgIpc) is 2.72. The summed E-state index contributed by atoms with van der Waals surface area (Å²) in [5, 5.41) is 0. The number of pyridine rings is 1. The van der Waals surface area contributed by atoms with Gasteiger partial charge in [-0.1, -0.05) is 68.3 Å². The van der Waals surface area contributed by atoms with Gasteiger partial charge in [-0.3, -0.25) is 4.98 Å². The summed E-state index contributed by atoms with van der Waals surface area (Å²) in [6.45, 7) is 9.09. The number of ether oxygens (including phenoxy) is 1. The van der Waals surface area contributed by atoms with Crippen LogP contribution in [0.1, 0.15) is 63.5 Å². The fraction of sp³-hybridized carbons (Fsp3) is 0.423. The van der Waals surface area contributed by atoms with Crippen LogP contribution < -0.4 is 0 Å². The van der Waals surface area contributed by atoms with Crippen LogP contribution in [0.4, 0.5) is 0 Å². The Kier molecular flexibility index (Phi) is 10.3. The lowest BCUT2D eigenvalue weighted by atomic mass is 10.1. The Bertz CT molecular complexity index is 700. The SMILES string of the molecule is C=CCc1ccc(-c2ccc(/C=C/CCCC(C)OCCCCC)cn2)cc1. The summed E-state index contributed by atoms with van der Waals surface area (Å²) in [6, 6.07) is 12.8. The molecule has 2 rings (SSSR count). The van der Waals surface area contributed by atoms with E-state index in [-0.39, 0.29) is 0 Å². The quantitative estimate of drug-likeness (QED) is 0.271. The van der Waals surface area contributed by atoms with Crippen molar-refractivity contribution in [1.29, 1.82) is 0 Å². The molecule has 0 fully saturated rings. The number of allylic oxidation sites excluding steroid dienone is 2. The van der Waals surface area contributed by atoms with E-state index in [2.05, 4.69) is 74.0 Å². The van der Waals surface area contributed by atoms with Crippen LogP contribution in [0.2, 0.25) is 0 Å². The molecule has 0 aliphatic heterocycles. The molecular weight excluding hydrogens is 342 g/mol. The predicted octanol–water partition coefficient (Wildman–Crippen LogP) is 7.26. The molecule has 1 atom stereocenters. The molecule has 0 aliphatic carbocycles. The molecule has 0 N–H and O–H groups in total. The lowest BCUT2D eigenvalue weighted by molar-refractivity contribution is 0.0566. The molecule has 1 aromatic carbocycles. The number of rotatable bonds is 13. The normalized spacial score (nSPS) is 12.4. The highest BCUT2D eigenvalue weighted by atomic mass is 16.5. The van der Waals surface area contributed by atoms with Crippen LogP contribution in [0.3, 0.4) is 0 Å². The molecule has 0 saturated carbocycles. The summed E-state index contributed by atoms with van der Waals surface area (Å²) in [7, 11) is 0. The summed E-state index contributed by atoms with van der Waals surface area (Å²) in [5.74, 6) is 0. The van der Waals surface area contributed by atoms with E-state index in [1.807, 2.05) is 12.3 Å². The molecule has 0 radical (unpaired) electrons. The molecular formula is C26H35NO. The average molecular weight is 378 g/mol. The minimum absolute atomic E-state index is 0.365. The molecule has 150 valence electrons. The molecule has 2 aromatic rings. The van der Waals surface area contributed by atoms with Gasteiger partial charge in [0.2, 0.25) is 0 Å². The van der Waals surface area contributed by atoms with Crippen LogP contribution in [0.15, 0.2) is 61.3 Å². The van der Waals surface area contributed by atoms with E-state index in [0.29, 0.717) is 6.10 Å². The van der Waals surface area contributed by atoms with Crippen LogP contribution in [0.25, 0.3) is 17.3 Å². The third kappa shape index (κ3) is 8.22. The number of hydrogen-bond donors (Lipinski definition) is 0. The fourth-order valence-electron chi connectivity index (χ4n) is 3.12. The second kappa shape index (κ2) is 13.1. The lowest BCUT2D eigenvalue weighted by Gasteiger charge is -2.11. The van der Waals surface area contributed by atoms with Gasteiger partial charge in [-0.25, -0.2) is 0 Å². The van der Waals surface area contributed by atoms with E-state index in [1.165, 1.54) is 24.8 Å². The molecule has 1 aromatic heterocycles. The Morgan fingerprint density at radius 2 is 1.89 bits per heavy atom. The molecule has 2 heteroatoms. The van der Waals surface area contributed by atoms with E-state index in [4.69, 9.17) is 4.74 Å². The van der Waals surface area contributed by atoms with E-state index >= 15 is 0 Å². The maximum absolute atomic E-state index is 5.85. The van der Waals surface area contributed by atoms with Crippen LogP contribution in [0, 0.1) is 0 Å². The fourth-order valence-corrected chi connectivity index (χ4v) is 3.12. The van der Waals surface area contributed by atoms with Gasteiger partial charge in [-0.2, -0.15) is 0 Å². The van der Waals surface area contributed by atoms with Crippen molar-refractivity contribution in [3.63, 3.8) is 0 Å². The summed E-state index contributed by atoms with van der Waals surface area (Å²) < 4.78 is 5.85. The van der Waals surface area contributed by atoms with Crippen LogP contribution in [-0.2, 0) is 11.2 Å². The number of nitrogens with zero attached hydrogens (tertiary/aromatic N) is 1. The van der Waals surface area contributed by atoms with Crippen LogP contribution in [-0.4, -0.2) is 17.7 Å². The number of benzene rings is 1. The first kappa shape index (κ1) is 22.1. The smallest absolute Gasteiger partial charge is 0.0702 e. The van der Waals surface area contributed by atoms with Gasteiger partial charge in [0.25, 0.3) is 0 Å². The summed E-state index contributed by atoms with van der Waals surface area (Å²) in [5.41, 5.74) is 4.59. The Hall–Kier alpha value is -2.19. The first-order chi connectivity index (χ1) is 13.7. The van der Waals surface area contributed by atoms with Crippen molar-refractivity contribution < 1.29 is 4.74 Å². The maximum atomic E-state index is 5.85. The van der Waals surface area contributed by atoms with Gasteiger partial charge in [-0.15, -0.1) is 6.58 Å². The van der Waals surface area contributed by atoms with Crippen molar-refractivity contribution in [3.05, 3.63) is 72.5 Å². The van der Waals surface area contributed by atoms with Gasteiger partial charge in [0.15, 0.2) is 0 Å². The van der Waals surface area contributed by atoms with E-state index in [1.54, 1.807) is 0 Å². The third-order valence-corrected chi connectivity index (χ3v) is 4.86. The molecule has 1 heterocycles. The molecule has 28 heavy (non-hydrogen) atoms. The van der Waals surface area contributed by atoms with Crippen molar-refractivity contribution in [2.24, 2.45) is 0 Å². The molecule has 0 bridgehead atoms. The number of aromatic nitrogens is 1. The highest BCUT2D eigenvalue weighted by Gasteiger charge is 2.01. The second-order valence-corrected chi connectivity index (χ2v) is 7.39. The molecule has 0 amide bonds. The first-order valence-corrected chi connectivity index (χ1v) is 10.7. The zero-order valence-corrected chi connectivity index (χ0v) is 17.6. The molecule has 1 unspecified atom stereocenters. The molecule has 0 aliphatic rings. The molecule has 0 spiro atoms. The van der Waals surface area contributed by atoms with Crippen molar-refractivity contribution >= 4 is 6.08 Å². The highest BCUT2D eigenvalue weighted by Crippen LogP contribution is 2.18. The lowest BCUT2D eigenvalue weighted by Crippen LogP contribution is -2.08. The Balaban J connectivity index is 1.72. The zero-order chi connectivity index (χ0) is 20.0. The number of unbranched alkanes of at least 4 members (excludes halogenated alkanes) is 3. The van der Waals surface area contributed by atoms with Crippen LogP contribution >= 0.6 is 0 Å². The first-order valence-electron chi connectivity index (χ1n) is 10.7. The zero-order valence-electron chi connectivity index (χ0n) is 17.6. The van der Waals surface area contributed by atoms with Gasteiger partial charge in [0, 0.05) is 18.4 Å². The Labute approximate surface area is 171 Å². The third-order valence-electron chi connectivity index (χ3n) is 4.86. The molecule has 0 saturated heterocycles. The topological polar surface area (TPSA) is 22.1 Å². The van der Waals surface area contributed by atoms with E-state index in [9.17, 15) is 0 Å². The molecule has 2 nitrogen and oxygen atoms in total. The van der Waals surface area contributed by atoms with Gasteiger partial charge in [0.05, 0.1) is 11.8 Å². The van der Waals surface area contributed by atoms with Gasteiger partial charge in [0.1, 0.15) is 0 Å². The van der Waals surface area contributed by atoms with Gasteiger partial charge < -0.3 is 4.74 Å². The van der Waals surface area contributed by atoms with Crippen molar-refractivity contribution in [2.45, 2.75) is 64.9 Å². The van der Waals surface area contributed by atoms with E-state index < -0.39 is 0 Å². The standard InChI is InChI=1S/C26H35NO/c1-4-6-10-20-28-22(3)12-8-7-9-13-24-16-19-26(27-21-24)25-17-14-23(11-5-2)15-18-25/h5,9,13-19,21-22H,2,4,6-8,10-12,20H2,1,3H3/b13-9+. The Morgan fingerprint density at radius 1 is 1.07 bits per heavy atom. The summed E-state index contributed by atoms with van der Waals surface area (Å²) >= 11 is 0. The monoisotopic (exact) mass is 377 g/mol. The number of hydrogen-bond acceptors (Lipinski definition) is 2. The van der Waals surface area contributed by atoms with Crippen molar-refractivity contribution in [3.8, 4) is 11.3 Å². The van der Waals surface area contributed by atoms with E-state index in [0.717, 1.165) is 49.1 Å². The van der Waals surface area contributed by atoms with Crippen molar-refractivity contribution in [1.82, 2.24) is 4.98 Å². The van der Waals surface area contributed by atoms with Gasteiger partial charge in [-0.05, 0) is 56.2 Å². The summed E-state index contributed by atoms with van der Waals surface area (Å²) in [4.78, 5) is 4.61. The second-order valence-electron chi connectivity index (χ2n) is 7.39. The predicted molar refractivity (Wildman–Crippen MR) is 121 cm³/mol. The minimum Gasteiger partial charge on any atom is -0.379 e. The Morgan fingerprint density at radius 3 is 2.57 bits per heavy atom. The summed E-state index contributed by atoms with van der Waals surface area (Å²) in [6.07, 6.45) is 16.6. The highest BCUT2D eigenvalue weighted by molar-refractivity contribution is 5.61. The van der Waals surface area contributed by atoms with Gasteiger partial charge >= 0.3 is 0 Å².